The van der Waals surface area contributed by atoms with Gasteiger partial charge in [0.2, 0.25) is 0 Å². The van der Waals surface area contributed by atoms with Crippen LogP contribution in [0.15, 0.2) is 18.2 Å². The topological polar surface area (TPSA) is 44.7 Å². The van der Waals surface area contributed by atoms with Crippen LogP contribution in [0.1, 0.15) is 11.1 Å². The van der Waals surface area contributed by atoms with E-state index in [9.17, 15) is 4.39 Å². The fourth-order valence-corrected chi connectivity index (χ4v) is 2.09. The number of aryl methyl sites for hydroxylation is 1. The van der Waals surface area contributed by atoms with Crippen molar-refractivity contribution in [2.45, 2.75) is 19.7 Å². The summed E-state index contributed by atoms with van der Waals surface area (Å²) in [5, 5.41) is 8.48. The van der Waals surface area contributed by atoms with Crippen molar-refractivity contribution in [2.75, 3.05) is 26.2 Å². The van der Waals surface area contributed by atoms with Gasteiger partial charge in [0, 0.05) is 26.2 Å². The average Bonchev–Trinajstić information content (AvgIpc) is 2.33. The molecule has 5 heteroatoms. The predicted octanol–water partition coefficient (Wildman–Crippen LogP) is 1.51. The number of hydrogen-bond acceptors (Lipinski definition) is 4. The van der Waals surface area contributed by atoms with Gasteiger partial charge in [-0.25, -0.2) is 9.87 Å². The van der Waals surface area contributed by atoms with Gasteiger partial charge in [-0.15, -0.1) is 0 Å². The highest BCUT2D eigenvalue weighted by molar-refractivity contribution is 5.36. The van der Waals surface area contributed by atoms with Gasteiger partial charge in [-0.05, 0) is 30.2 Å². The third kappa shape index (κ3) is 3.19. The maximum absolute atomic E-state index is 12.5. The minimum absolute atomic E-state index is 0.193. The molecule has 1 aliphatic heterocycles. The molecule has 1 aromatic carbocycles. The number of hydrogen-bond donors (Lipinski definition) is 2. The molecule has 0 aromatic heterocycles. The van der Waals surface area contributed by atoms with Crippen LogP contribution in [0.4, 0.5) is 4.39 Å². The molecule has 0 saturated carbocycles. The largest absolute Gasteiger partial charge is 0.487 e. The summed E-state index contributed by atoms with van der Waals surface area (Å²) in [6.07, 6.45) is 0.193. The zero-order valence-corrected chi connectivity index (χ0v) is 10.5. The van der Waals surface area contributed by atoms with Crippen LogP contribution in [0.25, 0.3) is 0 Å². The number of ether oxygens (including phenoxy) is 1. The molecular weight excluding hydrogens is 235 g/mol. The van der Waals surface area contributed by atoms with Gasteiger partial charge in [-0.1, -0.05) is 6.07 Å². The number of likely N-dealkylation sites (tertiary alicyclic amines) is 1. The summed E-state index contributed by atoms with van der Waals surface area (Å²) in [5.41, 5.74) is 3.79. The molecule has 0 unspecified atom stereocenters. The van der Waals surface area contributed by atoms with Crippen LogP contribution in [0.2, 0.25) is 0 Å². The number of nitrogens with zero attached hydrogens (tertiary/aromatic N) is 1. The Morgan fingerprint density at radius 2 is 2.28 bits per heavy atom. The molecule has 1 aliphatic rings. The normalized spacial score (nSPS) is 16.6. The van der Waals surface area contributed by atoms with Crippen LogP contribution in [0.3, 0.4) is 0 Å². The van der Waals surface area contributed by atoms with Gasteiger partial charge in [0.15, 0.2) is 0 Å². The van der Waals surface area contributed by atoms with Crippen LogP contribution in [0.5, 0.6) is 5.75 Å². The second kappa shape index (κ2) is 6.13. The van der Waals surface area contributed by atoms with Crippen molar-refractivity contribution in [3.05, 3.63) is 29.3 Å². The lowest BCUT2D eigenvalue weighted by atomic mass is 10.1. The Labute approximate surface area is 106 Å². The van der Waals surface area contributed by atoms with E-state index >= 15 is 0 Å². The zero-order chi connectivity index (χ0) is 13.0. The average molecular weight is 254 g/mol. The lowest BCUT2D eigenvalue weighted by Crippen LogP contribution is -2.55. The van der Waals surface area contributed by atoms with E-state index in [1.807, 2.05) is 19.1 Å². The van der Waals surface area contributed by atoms with Gasteiger partial charge in [0.25, 0.3) is 0 Å². The Kier molecular flexibility index (Phi) is 4.52. The first-order chi connectivity index (χ1) is 8.72. The number of alkyl halides is 1. The third-order valence-electron chi connectivity index (χ3n) is 3.15. The first-order valence-electron chi connectivity index (χ1n) is 6.14. The molecule has 0 radical (unpaired) electrons. The fraction of sp³-hybridized carbons (Fsp3) is 0.538. The van der Waals surface area contributed by atoms with E-state index in [-0.39, 0.29) is 6.10 Å². The van der Waals surface area contributed by atoms with Gasteiger partial charge >= 0.3 is 0 Å². The Hall–Kier alpha value is -1.17. The summed E-state index contributed by atoms with van der Waals surface area (Å²) in [4.78, 5) is 2.19. The Bertz CT molecular complexity index is 395. The summed E-state index contributed by atoms with van der Waals surface area (Å²) < 4.78 is 18.3. The monoisotopic (exact) mass is 254 g/mol. The number of rotatable bonds is 6. The van der Waals surface area contributed by atoms with Gasteiger partial charge in [-0.2, -0.15) is 0 Å². The number of hydroxylamine groups is 1. The maximum Gasteiger partial charge on any atom is 0.124 e. The minimum atomic E-state index is -0.438. The third-order valence-corrected chi connectivity index (χ3v) is 3.15. The highest BCUT2D eigenvalue weighted by Crippen LogP contribution is 2.23. The lowest BCUT2D eigenvalue weighted by Gasteiger charge is -2.39. The van der Waals surface area contributed by atoms with Gasteiger partial charge in [-0.3, -0.25) is 4.90 Å². The van der Waals surface area contributed by atoms with E-state index in [1.54, 1.807) is 6.07 Å². The van der Waals surface area contributed by atoms with Crippen LogP contribution < -0.4 is 10.2 Å². The second-order valence-electron chi connectivity index (χ2n) is 4.64. The van der Waals surface area contributed by atoms with Crippen molar-refractivity contribution in [1.82, 2.24) is 10.4 Å². The van der Waals surface area contributed by atoms with Crippen LogP contribution in [0, 0.1) is 6.92 Å². The van der Waals surface area contributed by atoms with Gasteiger partial charge < -0.3 is 9.94 Å². The molecule has 18 heavy (non-hydrogen) atoms. The van der Waals surface area contributed by atoms with Gasteiger partial charge in [0.05, 0.1) is 0 Å². The molecule has 1 aromatic rings. The highest BCUT2D eigenvalue weighted by Gasteiger charge is 2.28. The molecule has 4 nitrogen and oxygen atoms in total. The Balaban J connectivity index is 1.81. The number of nitrogens with one attached hydrogen (secondary N) is 1. The van der Waals surface area contributed by atoms with Gasteiger partial charge in [0.1, 0.15) is 18.5 Å². The second-order valence-corrected chi connectivity index (χ2v) is 4.64. The SMILES string of the molecule is Cc1cc(CF)ccc1OC1CN(CCNO)C1. The van der Waals surface area contributed by atoms with Crippen molar-refractivity contribution < 1.29 is 14.3 Å². The van der Waals surface area contributed by atoms with E-state index < -0.39 is 6.67 Å². The molecule has 0 aliphatic carbocycles. The van der Waals surface area contributed by atoms with Crippen molar-refractivity contribution >= 4 is 0 Å². The smallest absolute Gasteiger partial charge is 0.124 e. The molecule has 0 bridgehead atoms. The lowest BCUT2D eigenvalue weighted by molar-refractivity contribution is 0.0135. The van der Waals surface area contributed by atoms with E-state index in [0.717, 1.165) is 30.9 Å². The van der Waals surface area contributed by atoms with Crippen molar-refractivity contribution in [1.29, 1.82) is 0 Å². The quantitative estimate of drug-likeness (QED) is 0.755. The molecule has 0 atom stereocenters. The van der Waals surface area contributed by atoms with Crippen molar-refractivity contribution in [3.8, 4) is 5.75 Å². The van der Waals surface area contributed by atoms with E-state index in [2.05, 4.69) is 10.4 Å². The molecule has 2 N–H and O–H groups in total. The zero-order valence-electron chi connectivity index (χ0n) is 10.5. The summed E-state index contributed by atoms with van der Waals surface area (Å²) in [7, 11) is 0. The van der Waals surface area contributed by atoms with Crippen LogP contribution >= 0.6 is 0 Å². The maximum atomic E-state index is 12.5. The molecule has 0 spiro atoms. The molecule has 1 fully saturated rings. The Morgan fingerprint density at radius 3 is 2.89 bits per heavy atom. The summed E-state index contributed by atoms with van der Waals surface area (Å²) in [6.45, 7) is 4.61. The highest BCUT2D eigenvalue weighted by atomic mass is 19.1. The summed E-state index contributed by atoms with van der Waals surface area (Å²) in [5.74, 6) is 0.831. The molecule has 100 valence electrons. The standard InChI is InChI=1S/C13H19FN2O2/c1-10-6-11(7-14)2-3-13(10)18-12-8-16(9-12)5-4-15-17/h2-3,6,12,15,17H,4-5,7-9H2,1H3. The first kappa shape index (κ1) is 13.3. The molecule has 1 heterocycles. The molecule has 2 rings (SSSR count). The van der Waals surface area contributed by atoms with E-state index in [4.69, 9.17) is 9.94 Å². The van der Waals surface area contributed by atoms with E-state index in [0.29, 0.717) is 12.1 Å². The van der Waals surface area contributed by atoms with Crippen LogP contribution in [-0.2, 0) is 6.67 Å². The summed E-state index contributed by atoms with van der Waals surface area (Å²) >= 11 is 0. The van der Waals surface area contributed by atoms with Crippen LogP contribution in [-0.4, -0.2) is 42.4 Å². The Morgan fingerprint density at radius 1 is 1.50 bits per heavy atom. The molecule has 0 amide bonds. The van der Waals surface area contributed by atoms with Crippen molar-refractivity contribution in [3.63, 3.8) is 0 Å². The minimum Gasteiger partial charge on any atom is -0.487 e. The molecule has 1 saturated heterocycles. The first-order valence-corrected chi connectivity index (χ1v) is 6.14. The van der Waals surface area contributed by atoms with E-state index in [1.165, 1.54) is 0 Å². The number of benzene rings is 1. The summed E-state index contributed by atoms with van der Waals surface area (Å²) in [6, 6.07) is 5.41. The number of halogens is 1. The fourth-order valence-electron chi connectivity index (χ4n) is 2.09. The van der Waals surface area contributed by atoms with Crippen molar-refractivity contribution in [2.24, 2.45) is 0 Å². The predicted molar refractivity (Wildman–Crippen MR) is 66.6 cm³/mol. The molecular formula is C13H19FN2O2.